The summed E-state index contributed by atoms with van der Waals surface area (Å²) in [5, 5.41) is 11.7. The number of nitrogens with zero attached hydrogens (tertiary/aromatic N) is 2. The Bertz CT molecular complexity index is 844. The monoisotopic (exact) mass is 299 g/mol. The molecule has 0 saturated carbocycles. The molecule has 0 spiro atoms. The Morgan fingerprint density at radius 2 is 2.09 bits per heavy atom. The first kappa shape index (κ1) is 14.1. The number of aromatic nitrogens is 2. The number of para-hydroxylation sites is 2. The van der Waals surface area contributed by atoms with E-state index in [1.807, 2.05) is 24.3 Å². The molecule has 22 heavy (non-hydrogen) atoms. The van der Waals surface area contributed by atoms with Gasteiger partial charge in [0.15, 0.2) is 0 Å². The van der Waals surface area contributed by atoms with Crippen molar-refractivity contribution in [3.63, 3.8) is 0 Å². The van der Waals surface area contributed by atoms with E-state index in [0.717, 1.165) is 17.1 Å². The third-order valence-electron chi connectivity index (χ3n) is 3.49. The molecule has 1 aromatic heterocycles. The van der Waals surface area contributed by atoms with Crippen LogP contribution >= 0.6 is 0 Å². The van der Waals surface area contributed by atoms with Crippen molar-refractivity contribution in [2.45, 2.75) is 13.0 Å². The van der Waals surface area contributed by atoms with E-state index in [1.54, 1.807) is 17.8 Å². The second kappa shape index (κ2) is 5.48. The number of nitrogens with one attached hydrogen (secondary N) is 1. The molecule has 0 bridgehead atoms. The summed E-state index contributed by atoms with van der Waals surface area (Å²) in [5.41, 5.74) is 1.65. The summed E-state index contributed by atoms with van der Waals surface area (Å²) in [6.45, 7) is 1.71. The molecule has 0 aliphatic carbocycles. The number of hydrogen-bond donors (Lipinski definition) is 2. The Labute approximate surface area is 126 Å². The number of fused-ring (bicyclic) bond motifs is 1. The zero-order valence-electron chi connectivity index (χ0n) is 11.8. The molecule has 1 amide bonds. The number of imidazole rings is 1. The molecule has 112 valence electrons. The maximum atomic E-state index is 13.7. The Balaban J connectivity index is 1.85. The predicted molar refractivity (Wildman–Crippen MR) is 81.1 cm³/mol. The molecule has 0 fully saturated rings. The molecule has 0 aliphatic heterocycles. The minimum absolute atomic E-state index is 0.0269. The van der Waals surface area contributed by atoms with Crippen LogP contribution in [0.3, 0.4) is 0 Å². The molecule has 2 N–H and O–H groups in total. The number of phenols is 1. The van der Waals surface area contributed by atoms with Crippen molar-refractivity contribution in [3.8, 4) is 5.75 Å². The van der Waals surface area contributed by atoms with Gasteiger partial charge in [-0.3, -0.25) is 4.79 Å². The summed E-state index contributed by atoms with van der Waals surface area (Å²) in [6, 6.07) is 10.5. The van der Waals surface area contributed by atoms with Crippen molar-refractivity contribution in [1.29, 1.82) is 0 Å². The number of benzene rings is 2. The molecule has 0 saturated heterocycles. The van der Waals surface area contributed by atoms with Crippen molar-refractivity contribution in [1.82, 2.24) is 9.55 Å². The van der Waals surface area contributed by atoms with Crippen LogP contribution < -0.4 is 5.32 Å². The average molecular weight is 299 g/mol. The van der Waals surface area contributed by atoms with Crippen molar-refractivity contribution < 1.29 is 14.3 Å². The third kappa shape index (κ3) is 2.50. The van der Waals surface area contributed by atoms with Gasteiger partial charge in [-0.2, -0.15) is 0 Å². The summed E-state index contributed by atoms with van der Waals surface area (Å²) in [6.07, 6.45) is 1.59. The summed E-state index contributed by atoms with van der Waals surface area (Å²) >= 11 is 0. The number of amides is 1. The molecule has 5 nitrogen and oxygen atoms in total. The zero-order valence-corrected chi connectivity index (χ0v) is 11.8. The van der Waals surface area contributed by atoms with Crippen LogP contribution in [-0.4, -0.2) is 20.6 Å². The summed E-state index contributed by atoms with van der Waals surface area (Å²) in [5.74, 6) is -1.24. The predicted octanol–water partition coefficient (Wildman–Crippen LogP) is 3.08. The minimum Gasteiger partial charge on any atom is -0.508 e. The molecular weight excluding hydrogens is 285 g/mol. The molecule has 3 rings (SSSR count). The molecule has 6 heteroatoms. The Kier molecular flexibility index (Phi) is 3.50. The van der Waals surface area contributed by atoms with Crippen LogP contribution in [-0.2, 0) is 4.79 Å². The van der Waals surface area contributed by atoms with Gasteiger partial charge in [0.2, 0.25) is 5.91 Å². The quantitative estimate of drug-likeness (QED) is 0.730. The van der Waals surface area contributed by atoms with Crippen LogP contribution in [0.5, 0.6) is 5.75 Å². The SMILES string of the molecule is C[C@H](C(=O)Nc1ccc(O)cc1F)n1cnc2ccccc21. The van der Waals surface area contributed by atoms with Crippen LogP contribution in [0.25, 0.3) is 11.0 Å². The number of carbonyl (C=O) groups is 1. The molecule has 3 aromatic rings. The number of hydrogen-bond acceptors (Lipinski definition) is 3. The Hall–Kier alpha value is -2.89. The molecule has 1 heterocycles. The van der Waals surface area contributed by atoms with Gasteiger partial charge < -0.3 is 15.0 Å². The van der Waals surface area contributed by atoms with Gasteiger partial charge in [-0.1, -0.05) is 12.1 Å². The fourth-order valence-corrected chi connectivity index (χ4v) is 2.26. The van der Waals surface area contributed by atoms with Gasteiger partial charge in [0, 0.05) is 6.07 Å². The fraction of sp³-hybridized carbons (Fsp3) is 0.125. The van der Waals surface area contributed by atoms with Crippen molar-refractivity contribution in [2.24, 2.45) is 0 Å². The Morgan fingerprint density at radius 3 is 2.86 bits per heavy atom. The van der Waals surface area contributed by atoms with Crippen molar-refractivity contribution in [3.05, 3.63) is 54.6 Å². The minimum atomic E-state index is -0.684. The fourth-order valence-electron chi connectivity index (χ4n) is 2.26. The summed E-state index contributed by atoms with van der Waals surface area (Å²) in [4.78, 5) is 16.5. The van der Waals surface area contributed by atoms with Crippen LogP contribution in [0, 0.1) is 5.82 Å². The van der Waals surface area contributed by atoms with E-state index >= 15 is 0 Å². The lowest BCUT2D eigenvalue weighted by molar-refractivity contribution is -0.118. The highest BCUT2D eigenvalue weighted by atomic mass is 19.1. The van der Waals surface area contributed by atoms with Crippen LogP contribution in [0.2, 0.25) is 0 Å². The van der Waals surface area contributed by atoms with Crippen LogP contribution in [0.1, 0.15) is 13.0 Å². The normalized spacial score (nSPS) is 12.3. The van der Waals surface area contributed by atoms with E-state index in [0.29, 0.717) is 0 Å². The molecule has 2 aromatic carbocycles. The van der Waals surface area contributed by atoms with Crippen LogP contribution in [0.4, 0.5) is 10.1 Å². The smallest absolute Gasteiger partial charge is 0.247 e. The average Bonchev–Trinajstić information content (AvgIpc) is 2.93. The van der Waals surface area contributed by atoms with Gasteiger partial charge in [-0.25, -0.2) is 9.37 Å². The maximum Gasteiger partial charge on any atom is 0.247 e. The number of phenolic OH excluding ortho intramolecular Hbond substituents is 1. The van der Waals surface area contributed by atoms with Crippen LogP contribution in [0.15, 0.2) is 48.8 Å². The first-order valence-electron chi connectivity index (χ1n) is 6.77. The lowest BCUT2D eigenvalue weighted by atomic mass is 10.2. The number of aromatic hydroxyl groups is 1. The first-order valence-corrected chi connectivity index (χ1v) is 6.77. The van der Waals surface area contributed by atoms with E-state index in [9.17, 15) is 14.3 Å². The largest absolute Gasteiger partial charge is 0.508 e. The van der Waals surface area contributed by atoms with Gasteiger partial charge in [0.25, 0.3) is 0 Å². The maximum absolute atomic E-state index is 13.7. The first-order chi connectivity index (χ1) is 10.6. The van der Waals surface area contributed by atoms with Gasteiger partial charge >= 0.3 is 0 Å². The molecule has 0 aliphatic rings. The second-order valence-corrected chi connectivity index (χ2v) is 4.97. The number of carbonyl (C=O) groups excluding carboxylic acids is 1. The van der Waals surface area contributed by atoms with Gasteiger partial charge in [-0.15, -0.1) is 0 Å². The van der Waals surface area contributed by atoms with Crippen molar-refractivity contribution >= 4 is 22.6 Å². The van der Waals surface area contributed by atoms with Gasteiger partial charge in [-0.05, 0) is 31.2 Å². The molecule has 1 atom stereocenters. The van der Waals surface area contributed by atoms with E-state index in [4.69, 9.17) is 0 Å². The summed E-state index contributed by atoms with van der Waals surface area (Å²) < 4.78 is 15.4. The number of anilines is 1. The van der Waals surface area contributed by atoms with E-state index in [1.165, 1.54) is 12.1 Å². The molecular formula is C16H14FN3O2. The lowest BCUT2D eigenvalue weighted by Gasteiger charge is -2.15. The van der Waals surface area contributed by atoms with E-state index < -0.39 is 11.9 Å². The highest BCUT2D eigenvalue weighted by Crippen LogP contribution is 2.22. The molecule has 0 unspecified atom stereocenters. The second-order valence-electron chi connectivity index (χ2n) is 4.97. The number of halogens is 1. The van der Waals surface area contributed by atoms with E-state index in [-0.39, 0.29) is 17.3 Å². The number of rotatable bonds is 3. The Morgan fingerprint density at radius 1 is 1.32 bits per heavy atom. The highest BCUT2D eigenvalue weighted by molar-refractivity contribution is 5.94. The van der Waals surface area contributed by atoms with E-state index in [2.05, 4.69) is 10.3 Å². The lowest BCUT2D eigenvalue weighted by Crippen LogP contribution is -2.23. The van der Waals surface area contributed by atoms with Gasteiger partial charge in [0.1, 0.15) is 17.6 Å². The standard InChI is InChI=1S/C16H14FN3O2/c1-10(20-9-18-14-4-2-3-5-15(14)20)16(22)19-13-7-6-11(21)8-12(13)17/h2-10,21H,1H3,(H,19,22)/t10-/m1/s1. The third-order valence-corrected chi connectivity index (χ3v) is 3.49. The zero-order chi connectivity index (χ0) is 15.7. The topological polar surface area (TPSA) is 67.2 Å². The van der Waals surface area contributed by atoms with Gasteiger partial charge in [0.05, 0.1) is 23.0 Å². The summed E-state index contributed by atoms with van der Waals surface area (Å²) in [7, 11) is 0. The molecule has 0 radical (unpaired) electrons. The van der Waals surface area contributed by atoms with Crippen molar-refractivity contribution in [2.75, 3.05) is 5.32 Å². The highest BCUT2D eigenvalue weighted by Gasteiger charge is 2.18.